The van der Waals surface area contributed by atoms with Crippen LogP contribution in [0, 0.1) is 20.8 Å². The van der Waals surface area contributed by atoms with Gasteiger partial charge in [-0.05, 0) is 50.1 Å². The van der Waals surface area contributed by atoms with Gasteiger partial charge in [-0.15, -0.1) is 0 Å². The lowest BCUT2D eigenvalue weighted by Gasteiger charge is -2.11. The molecule has 2 heterocycles. The van der Waals surface area contributed by atoms with Gasteiger partial charge in [-0.3, -0.25) is 9.89 Å². The van der Waals surface area contributed by atoms with E-state index in [1.54, 1.807) is 18.2 Å². The van der Waals surface area contributed by atoms with Crippen molar-refractivity contribution in [2.24, 2.45) is 5.14 Å². The van der Waals surface area contributed by atoms with Crippen molar-refractivity contribution in [2.45, 2.75) is 26.5 Å². The van der Waals surface area contributed by atoms with Gasteiger partial charge in [-0.25, -0.2) is 13.6 Å². The molecule has 0 fully saturated rings. The van der Waals surface area contributed by atoms with E-state index in [1.807, 2.05) is 39.0 Å². The number of rotatable bonds is 5. The number of sulfonamides is 1. The molecule has 2 aromatic carbocycles. The molecule has 160 valence electrons. The highest BCUT2D eigenvalue weighted by molar-refractivity contribution is 7.88. The van der Waals surface area contributed by atoms with E-state index in [0.29, 0.717) is 27.9 Å². The van der Waals surface area contributed by atoms with Gasteiger partial charge in [0.15, 0.2) is 5.69 Å². The van der Waals surface area contributed by atoms with Crippen molar-refractivity contribution in [2.75, 3.05) is 5.32 Å². The number of fused-ring (bicyclic) bond motifs is 1. The minimum atomic E-state index is -3.77. The van der Waals surface area contributed by atoms with E-state index in [2.05, 4.69) is 20.7 Å². The Kier molecular flexibility index (Phi) is 5.11. The van der Waals surface area contributed by atoms with Crippen LogP contribution in [0.15, 0.2) is 40.9 Å². The molecule has 9 nitrogen and oxygen atoms in total. The van der Waals surface area contributed by atoms with Gasteiger partial charge >= 0.3 is 0 Å². The molecule has 0 aliphatic rings. The molecule has 0 saturated carbocycles. The third-order valence-electron chi connectivity index (χ3n) is 4.97. The first-order valence-corrected chi connectivity index (χ1v) is 11.2. The van der Waals surface area contributed by atoms with Crippen LogP contribution < -0.4 is 10.5 Å². The maximum Gasteiger partial charge on any atom is 0.276 e. The minimum absolute atomic E-state index is 0.186. The number of hydrogen-bond donors (Lipinski definition) is 3. The molecule has 0 aliphatic carbocycles. The van der Waals surface area contributed by atoms with E-state index in [4.69, 9.17) is 9.66 Å². The van der Waals surface area contributed by atoms with Gasteiger partial charge in [0, 0.05) is 16.6 Å². The average Bonchev–Trinajstić information content (AvgIpc) is 3.25. The zero-order chi connectivity index (χ0) is 22.3. The first-order chi connectivity index (χ1) is 14.6. The highest BCUT2D eigenvalue weighted by Gasteiger charge is 2.19. The van der Waals surface area contributed by atoms with Crippen molar-refractivity contribution in [1.82, 2.24) is 15.4 Å². The van der Waals surface area contributed by atoms with Crippen LogP contribution >= 0.6 is 0 Å². The number of aryl methyl sites for hydroxylation is 3. The minimum Gasteiger partial charge on any atom is -0.361 e. The maximum atomic E-state index is 13.0. The first-order valence-electron chi connectivity index (χ1n) is 9.45. The van der Waals surface area contributed by atoms with Gasteiger partial charge in [-0.2, -0.15) is 5.10 Å². The average molecular weight is 439 g/mol. The normalized spacial score (nSPS) is 11.7. The molecular weight excluding hydrogens is 418 g/mol. The first kappa shape index (κ1) is 20.8. The van der Waals surface area contributed by atoms with Crippen molar-refractivity contribution < 1.29 is 17.7 Å². The standard InChI is InChI=1S/C21H21N5O4S/c1-11-4-6-17(15(8-11)10-31(22,28)29)23-21(27)20-16-9-14(5-7-18(16)24-25-20)19-12(2)26-30-13(19)3/h4-9H,10H2,1-3H3,(H,23,27)(H,24,25)(H2,22,28,29). The summed E-state index contributed by atoms with van der Waals surface area (Å²) in [7, 11) is -3.77. The largest absolute Gasteiger partial charge is 0.361 e. The number of carbonyl (C=O) groups is 1. The van der Waals surface area contributed by atoms with Crippen LogP contribution in [0.3, 0.4) is 0 Å². The number of primary sulfonamides is 1. The Labute approximate surface area is 178 Å². The van der Waals surface area contributed by atoms with Crippen molar-refractivity contribution >= 4 is 32.5 Å². The molecule has 1 amide bonds. The summed E-state index contributed by atoms with van der Waals surface area (Å²) in [4.78, 5) is 13.0. The smallest absolute Gasteiger partial charge is 0.276 e. The zero-order valence-electron chi connectivity index (χ0n) is 17.2. The molecule has 0 atom stereocenters. The summed E-state index contributed by atoms with van der Waals surface area (Å²) in [6, 6.07) is 10.7. The molecule has 0 unspecified atom stereocenters. The van der Waals surface area contributed by atoms with Gasteiger partial charge in [0.25, 0.3) is 5.91 Å². The predicted molar refractivity (Wildman–Crippen MR) is 117 cm³/mol. The predicted octanol–water partition coefficient (Wildman–Crippen LogP) is 3.18. The number of aromatic amines is 1. The molecule has 31 heavy (non-hydrogen) atoms. The fourth-order valence-corrected chi connectivity index (χ4v) is 4.27. The highest BCUT2D eigenvalue weighted by Crippen LogP contribution is 2.30. The van der Waals surface area contributed by atoms with Gasteiger partial charge in [0.05, 0.1) is 17.0 Å². The third kappa shape index (κ3) is 4.21. The van der Waals surface area contributed by atoms with Crippen LogP contribution in [0.4, 0.5) is 5.69 Å². The Hall–Kier alpha value is -3.50. The summed E-state index contributed by atoms with van der Waals surface area (Å²) >= 11 is 0. The Morgan fingerprint density at radius 2 is 1.94 bits per heavy atom. The molecule has 0 radical (unpaired) electrons. The Balaban J connectivity index is 1.72. The van der Waals surface area contributed by atoms with Crippen LogP contribution in [0.1, 0.15) is 33.1 Å². The molecule has 0 spiro atoms. The SMILES string of the molecule is Cc1ccc(NC(=O)c2n[nH]c3ccc(-c4c(C)noc4C)cc23)c(CS(N)(=O)=O)c1. The lowest BCUT2D eigenvalue weighted by Crippen LogP contribution is -2.18. The van der Waals surface area contributed by atoms with Gasteiger partial charge < -0.3 is 9.84 Å². The number of nitrogens with zero attached hydrogens (tertiary/aromatic N) is 2. The van der Waals surface area contributed by atoms with Crippen molar-refractivity contribution in [3.05, 3.63) is 64.7 Å². The molecule has 0 saturated heterocycles. The summed E-state index contributed by atoms with van der Waals surface area (Å²) in [5.41, 5.74) is 4.97. The second kappa shape index (κ2) is 7.64. The zero-order valence-corrected chi connectivity index (χ0v) is 18.0. The molecule has 10 heteroatoms. The molecule has 0 aliphatic heterocycles. The van der Waals surface area contributed by atoms with E-state index in [-0.39, 0.29) is 11.4 Å². The number of aromatic nitrogens is 3. The highest BCUT2D eigenvalue weighted by atomic mass is 32.2. The second-order valence-corrected chi connectivity index (χ2v) is 9.07. The quantitative estimate of drug-likeness (QED) is 0.436. The maximum absolute atomic E-state index is 13.0. The number of nitrogens with two attached hydrogens (primary N) is 1. The third-order valence-corrected chi connectivity index (χ3v) is 5.68. The van der Waals surface area contributed by atoms with E-state index in [0.717, 1.165) is 22.4 Å². The molecule has 4 N–H and O–H groups in total. The molecule has 4 aromatic rings. The summed E-state index contributed by atoms with van der Waals surface area (Å²) in [6.07, 6.45) is 0. The van der Waals surface area contributed by atoms with Gasteiger partial charge in [-0.1, -0.05) is 28.9 Å². The van der Waals surface area contributed by atoms with Crippen LogP contribution in [-0.4, -0.2) is 29.7 Å². The fraction of sp³-hybridized carbons (Fsp3) is 0.190. The molecule has 2 aromatic heterocycles. The van der Waals surface area contributed by atoms with Crippen molar-refractivity contribution in [3.63, 3.8) is 0 Å². The Morgan fingerprint density at radius 1 is 1.16 bits per heavy atom. The number of nitrogens with one attached hydrogen (secondary N) is 2. The van der Waals surface area contributed by atoms with E-state index in [1.165, 1.54) is 0 Å². The van der Waals surface area contributed by atoms with E-state index >= 15 is 0 Å². The van der Waals surface area contributed by atoms with Gasteiger partial charge in [0.1, 0.15) is 5.76 Å². The lowest BCUT2D eigenvalue weighted by atomic mass is 10.0. The van der Waals surface area contributed by atoms with Gasteiger partial charge in [0.2, 0.25) is 10.0 Å². The monoisotopic (exact) mass is 439 g/mol. The van der Waals surface area contributed by atoms with Crippen molar-refractivity contribution in [3.8, 4) is 11.1 Å². The van der Waals surface area contributed by atoms with E-state index < -0.39 is 15.9 Å². The van der Waals surface area contributed by atoms with Crippen molar-refractivity contribution in [1.29, 1.82) is 0 Å². The summed E-state index contributed by atoms with van der Waals surface area (Å²) < 4.78 is 28.4. The molecule has 0 bridgehead atoms. The Bertz CT molecular complexity index is 1400. The number of benzene rings is 2. The van der Waals surface area contributed by atoms with Crippen LogP contribution in [0.25, 0.3) is 22.0 Å². The number of H-pyrrole nitrogens is 1. The van der Waals surface area contributed by atoms with Crippen LogP contribution in [0.5, 0.6) is 0 Å². The number of hydrogen-bond acceptors (Lipinski definition) is 6. The number of anilines is 1. The summed E-state index contributed by atoms with van der Waals surface area (Å²) in [5, 5.41) is 19.6. The van der Waals surface area contributed by atoms with Crippen LogP contribution in [-0.2, 0) is 15.8 Å². The lowest BCUT2D eigenvalue weighted by molar-refractivity contribution is 0.102. The second-order valence-electron chi connectivity index (χ2n) is 7.45. The van der Waals surface area contributed by atoms with E-state index in [9.17, 15) is 13.2 Å². The van der Waals surface area contributed by atoms with Crippen LogP contribution in [0.2, 0.25) is 0 Å². The fourth-order valence-electron chi connectivity index (χ4n) is 3.60. The topological polar surface area (TPSA) is 144 Å². The summed E-state index contributed by atoms with van der Waals surface area (Å²) in [5.74, 6) is -0.178. The Morgan fingerprint density at radius 3 is 2.61 bits per heavy atom. The molecular formula is C21H21N5O4S. The molecule has 4 rings (SSSR count). The number of amides is 1. The number of carbonyl (C=O) groups excluding carboxylic acids is 1. The summed E-state index contributed by atoms with van der Waals surface area (Å²) in [6.45, 7) is 5.51.